The number of aryl methyl sites for hydroxylation is 1. The highest BCUT2D eigenvalue weighted by molar-refractivity contribution is 6.00. The fourth-order valence-electron chi connectivity index (χ4n) is 10.8. The third-order valence-electron chi connectivity index (χ3n) is 16.8. The van der Waals surface area contributed by atoms with Gasteiger partial charge in [0.1, 0.15) is 29.5 Å². The van der Waals surface area contributed by atoms with E-state index in [1.54, 1.807) is 159 Å². The second kappa shape index (κ2) is 40.9. The number of Topliss-reactive ketones (excluding diaryl/α,β-unsaturated/α-hetero) is 1. The van der Waals surface area contributed by atoms with Crippen LogP contribution >= 0.6 is 0 Å². The number of carbonyl (C=O) groups excluding carboxylic acids is 5. The molecule has 8 N–H and O–H groups in total. The number of carbonyl (C=O) groups is 5. The molecule has 11 aromatic rings. The van der Waals surface area contributed by atoms with Crippen molar-refractivity contribution in [1.82, 2.24) is 44.7 Å². The van der Waals surface area contributed by atoms with E-state index >= 15 is 0 Å². The molecule has 0 saturated carbocycles. The minimum atomic E-state index is -0.650. The highest BCUT2D eigenvalue weighted by Crippen LogP contribution is 2.31. The molecule has 1 aliphatic rings. The number of ether oxygens (including phenoxy) is 4. The van der Waals surface area contributed by atoms with Crippen molar-refractivity contribution < 1.29 is 51.7 Å². The van der Waals surface area contributed by atoms with E-state index in [1.165, 1.54) is 42.4 Å². The summed E-state index contributed by atoms with van der Waals surface area (Å²) in [5, 5.41) is 30.1. The first-order chi connectivity index (χ1) is 54.9. The maximum absolute atomic E-state index is 14.4. The summed E-state index contributed by atoms with van der Waals surface area (Å²) in [5.74, 6) is -0.0829. The summed E-state index contributed by atoms with van der Waals surface area (Å²) in [4.78, 5) is 101. The monoisotopic (exact) mass is 1540 g/mol. The molecular formula is C85H85F2N17O10. The van der Waals surface area contributed by atoms with E-state index in [0.29, 0.717) is 113 Å². The Morgan fingerprint density at radius 2 is 1.12 bits per heavy atom. The van der Waals surface area contributed by atoms with Gasteiger partial charge in [0.05, 0.1) is 44.0 Å². The van der Waals surface area contributed by atoms with Crippen LogP contribution in [0.25, 0.3) is 11.3 Å². The molecule has 0 aliphatic carbocycles. The number of ketones is 1. The van der Waals surface area contributed by atoms with Crippen molar-refractivity contribution in [2.75, 3.05) is 90.9 Å². The number of hydrogen-bond donors (Lipinski definition) is 8. The second-order valence-corrected chi connectivity index (χ2v) is 26.0. The normalized spacial score (nSPS) is 11.3. The third-order valence-corrected chi connectivity index (χ3v) is 16.8. The van der Waals surface area contributed by atoms with E-state index in [4.69, 9.17) is 24.2 Å². The predicted octanol–water partition coefficient (Wildman–Crippen LogP) is 15.3. The van der Waals surface area contributed by atoms with Crippen LogP contribution in [0.1, 0.15) is 75.6 Å². The van der Waals surface area contributed by atoms with Crippen LogP contribution in [0.2, 0.25) is 0 Å². The smallest absolute Gasteiger partial charge is 0.293 e. The van der Waals surface area contributed by atoms with Gasteiger partial charge in [0, 0.05) is 123 Å². The minimum absolute atomic E-state index is 0.00998. The van der Waals surface area contributed by atoms with Gasteiger partial charge in [-0.1, -0.05) is 88.5 Å². The first kappa shape index (κ1) is 83.7. The Balaban J connectivity index is 0.000000195. The average molecular weight is 1540 g/mol. The van der Waals surface area contributed by atoms with Gasteiger partial charge >= 0.3 is 0 Å². The van der Waals surface area contributed by atoms with Crippen molar-refractivity contribution in [2.24, 2.45) is 7.05 Å². The molecule has 12 rings (SSSR count). The van der Waals surface area contributed by atoms with Crippen molar-refractivity contribution in [2.45, 2.75) is 46.5 Å². The van der Waals surface area contributed by atoms with Crippen molar-refractivity contribution in [3.63, 3.8) is 0 Å². The van der Waals surface area contributed by atoms with Gasteiger partial charge in [-0.15, -0.1) is 0 Å². The summed E-state index contributed by atoms with van der Waals surface area (Å²) in [6.07, 6.45) is 7.90. The zero-order valence-corrected chi connectivity index (χ0v) is 63.9. The lowest BCUT2D eigenvalue weighted by molar-refractivity contribution is -0.112. The molecule has 0 spiro atoms. The van der Waals surface area contributed by atoms with Gasteiger partial charge < -0.3 is 70.9 Å². The molecule has 0 atom stereocenters. The van der Waals surface area contributed by atoms with Crippen LogP contribution in [0.3, 0.4) is 0 Å². The number of pyridine rings is 1. The summed E-state index contributed by atoms with van der Waals surface area (Å²) in [7, 11) is 4.82. The SMILES string of the molecule is C=CC(=O)Nc1cccc(Nc2nc(Nc3ccc(OCCOC)cc3)ncc2F)c1.C=CC(=O)Nc1cccc(Nc2nc(Nc3ccc(Oc4ccnc(C(=O)NC)c4)cc3)ncc2F)c1.CC#N.Cc1c(CC(=O)c2ccc(C(C)(C)C)cc2)cccc1-c1cn(C)c(=O)c(Nc2ccc(C(=O)N3CCOCC3)cc2)n1. The quantitative estimate of drug-likeness (QED) is 0.0142. The number of aromatic nitrogens is 7. The lowest BCUT2D eigenvalue weighted by atomic mass is 9.86. The van der Waals surface area contributed by atoms with Crippen LogP contribution in [-0.4, -0.2) is 122 Å². The van der Waals surface area contributed by atoms with E-state index in [1.807, 2.05) is 49.4 Å². The molecule has 584 valence electrons. The van der Waals surface area contributed by atoms with Crippen LogP contribution in [-0.2, 0) is 37.9 Å². The zero-order chi connectivity index (χ0) is 81.7. The van der Waals surface area contributed by atoms with Crippen LogP contribution in [0.15, 0.2) is 231 Å². The first-order valence-corrected chi connectivity index (χ1v) is 35.7. The summed E-state index contributed by atoms with van der Waals surface area (Å²) < 4.78 is 51.7. The van der Waals surface area contributed by atoms with Crippen molar-refractivity contribution in [1.29, 1.82) is 5.26 Å². The Kier molecular flexibility index (Phi) is 30.0. The summed E-state index contributed by atoms with van der Waals surface area (Å²) in [6.45, 7) is 19.9. The van der Waals surface area contributed by atoms with E-state index in [0.717, 1.165) is 35.2 Å². The second-order valence-electron chi connectivity index (χ2n) is 26.0. The van der Waals surface area contributed by atoms with E-state index in [9.17, 15) is 37.5 Å². The molecule has 1 saturated heterocycles. The number of nitrogens with zero attached hydrogens (tertiary/aromatic N) is 9. The van der Waals surface area contributed by atoms with Gasteiger partial charge in [-0.3, -0.25) is 33.8 Å². The number of nitriles is 1. The number of morpholine rings is 1. The van der Waals surface area contributed by atoms with Gasteiger partial charge in [0.25, 0.3) is 17.4 Å². The van der Waals surface area contributed by atoms with Gasteiger partial charge in [-0.2, -0.15) is 15.2 Å². The van der Waals surface area contributed by atoms with Gasteiger partial charge in [-0.05, 0) is 156 Å². The number of amides is 4. The number of methoxy groups -OCH3 is 1. The van der Waals surface area contributed by atoms with Crippen LogP contribution in [0.5, 0.6) is 17.2 Å². The van der Waals surface area contributed by atoms with Crippen LogP contribution in [0.4, 0.5) is 77.9 Å². The molecule has 1 fully saturated rings. The highest BCUT2D eigenvalue weighted by atomic mass is 19.1. The molecular weight excluding hydrogens is 1460 g/mol. The molecule has 4 aromatic heterocycles. The van der Waals surface area contributed by atoms with Crippen LogP contribution in [0, 0.1) is 29.9 Å². The van der Waals surface area contributed by atoms with Gasteiger partial charge in [0.15, 0.2) is 34.9 Å². The Labute approximate surface area is 657 Å². The largest absolute Gasteiger partial charge is 0.491 e. The Bertz CT molecular complexity index is 5310. The zero-order valence-electron chi connectivity index (χ0n) is 63.9. The Morgan fingerprint density at radius 3 is 1.66 bits per heavy atom. The van der Waals surface area contributed by atoms with E-state index in [2.05, 4.69) is 106 Å². The molecule has 4 amide bonds. The standard InChI is InChI=1S/C35H38N4O4.C26H22FN7O3.C22H22FN5O3.C2H3N/c1-23-26(21-31(40)24-9-13-27(14-10-24)35(2,3)4)7-6-8-29(23)30-22-38(5)34(42)32(37-30)36-28-15-11-25(12-16-28)33(41)39-17-19-43-20-18-39;1-3-23(35)31-17-5-4-6-18(13-17)32-24-21(27)15-30-26(34-24)33-16-7-9-19(10-8-16)37-20-11-12-29-22(14-20)25(36)28-2;1-3-20(29)25-16-5-4-6-17(13-16)26-21-19(23)14-24-22(28-21)27-15-7-9-18(10-8-15)31-12-11-30-2;1-2-3/h6-16,22H,17-21H2,1-5H3,(H,36,37);3-15H,1H2,2H3,(H,28,36)(H,31,35)(H2,30,32,33,34);3-10,13-14H,1,11-12H2,2H3,(H,25,29)(H2,24,26,27,28);1H3. The molecule has 27 nitrogen and oxygen atoms in total. The number of anilines is 12. The predicted molar refractivity (Wildman–Crippen MR) is 436 cm³/mol. The van der Waals surface area contributed by atoms with Crippen LogP contribution < -0.4 is 57.6 Å². The lowest BCUT2D eigenvalue weighted by Crippen LogP contribution is -2.40. The molecule has 29 heteroatoms. The minimum Gasteiger partial charge on any atom is -0.491 e. The van der Waals surface area contributed by atoms with Gasteiger partial charge in [0.2, 0.25) is 23.7 Å². The number of rotatable bonds is 26. The fourth-order valence-corrected chi connectivity index (χ4v) is 10.8. The average Bonchev–Trinajstić information content (AvgIpc) is 0.793. The van der Waals surface area contributed by atoms with Crippen molar-refractivity contribution in [3.8, 4) is 34.6 Å². The summed E-state index contributed by atoms with van der Waals surface area (Å²) in [6, 6.07) is 53.3. The Hall–Kier alpha value is -14.4. The number of nitrogens with one attached hydrogen (secondary N) is 8. The van der Waals surface area contributed by atoms with Crippen molar-refractivity contribution in [3.05, 3.63) is 282 Å². The molecule has 1 aliphatic heterocycles. The van der Waals surface area contributed by atoms with E-state index in [-0.39, 0.29) is 81.9 Å². The summed E-state index contributed by atoms with van der Waals surface area (Å²) in [5.41, 5.74) is 9.85. The molecule has 0 radical (unpaired) electrons. The summed E-state index contributed by atoms with van der Waals surface area (Å²) >= 11 is 0. The maximum Gasteiger partial charge on any atom is 0.293 e. The number of benzene rings is 7. The number of hydrogen-bond acceptors (Lipinski definition) is 22. The molecule has 114 heavy (non-hydrogen) atoms. The Morgan fingerprint density at radius 1 is 0.614 bits per heavy atom. The topological polar surface area (TPSA) is 345 Å². The molecule has 7 aromatic carbocycles. The lowest BCUT2D eigenvalue weighted by Gasteiger charge is -2.26. The van der Waals surface area contributed by atoms with Crippen molar-refractivity contribution >= 4 is 98.6 Å². The fraction of sp³-hybridized carbons (Fsp3) is 0.188. The highest BCUT2D eigenvalue weighted by Gasteiger charge is 2.22. The first-order valence-electron chi connectivity index (χ1n) is 35.7. The van der Waals surface area contributed by atoms with E-state index < -0.39 is 11.6 Å². The number of halogens is 2. The molecule has 0 bridgehead atoms. The molecule has 0 unspecified atom stereocenters. The molecule has 5 heterocycles. The van der Waals surface area contributed by atoms with Gasteiger partial charge in [-0.25, -0.2) is 23.7 Å². The third kappa shape index (κ3) is 24.6. The maximum atomic E-state index is 14.4.